The van der Waals surface area contributed by atoms with Gasteiger partial charge < -0.3 is 14.6 Å². The summed E-state index contributed by atoms with van der Waals surface area (Å²) in [4.78, 5) is 10.4. The molecular weight excluding hydrogens is 255 g/mol. The molecule has 0 spiro atoms. The van der Waals surface area contributed by atoms with Gasteiger partial charge in [-0.05, 0) is 13.0 Å². The topological polar surface area (TPSA) is 55.8 Å². The lowest BCUT2D eigenvalue weighted by atomic mass is 10.3. The molecule has 16 heavy (non-hydrogen) atoms. The normalized spacial score (nSPS) is 9.94. The molecule has 1 aromatic rings. The van der Waals surface area contributed by atoms with Crippen LogP contribution in [0.3, 0.4) is 0 Å². The van der Waals surface area contributed by atoms with Crippen molar-refractivity contribution in [3.05, 3.63) is 22.2 Å². The van der Waals surface area contributed by atoms with Gasteiger partial charge in [0.05, 0.1) is 11.6 Å². The van der Waals surface area contributed by atoms with Crippen LogP contribution in [0, 0.1) is 0 Å². The Hall–Kier alpha value is -1.13. The highest BCUT2D eigenvalue weighted by atomic mass is 35.5. The van der Waals surface area contributed by atoms with Gasteiger partial charge in [0.2, 0.25) is 0 Å². The Morgan fingerprint density at radius 2 is 2.06 bits per heavy atom. The maximum Gasteiger partial charge on any atom is 0.341 e. The summed E-state index contributed by atoms with van der Waals surface area (Å²) in [6.45, 7) is 1.70. The second-order valence-corrected chi connectivity index (χ2v) is 3.67. The third-order valence-corrected chi connectivity index (χ3v) is 2.11. The average molecular weight is 265 g/mol. The Balaban J connectivity index is 2.98. The number of carboxylic acids is 1. The minimum Gasteiger partial charge on any atom is -0.488 e. The first-order chi connectivity index (χ1) is 7.54. The van der Waals surface area contributed by atoms with E-state index in [-0.39, 0.29) is 10.8 Å². The van der Waals surface area contributed by atoms with Crippen molar-refractivity contribution in [2.75, 3.05) is 13.2 Å². The van der Waals surface area contributed by atoms with Gasteiger partial charge in [-0.15, -0.1) is 0 Å². The summed E-state index contributed by atoms with van der Waals surface area (Å²) in [5.74, 6) is -0.560. The highest BCUT2D eigenvalue weighted by Crippen LogP contribution is 2.38. The molecule has 0 saturated carbocycles. The number of carbonyl (C=O) groups is 1. The maximum atomic E-state index is 10.4. The lowest BCUT2D eigenvalue weighted by Crippen LogP contribution is -2.10. The van der Waals surface area contributed by atoms with Gasteiger partial charge in [-0.25, -0.2) is 4.79 Å². The van der Waals surface area contributed by atoms with Crippen LogP contribution >= 0.6 is 23.2 Å². The van der Waals surface area contributed by atoms with E-state index >= 15 is 0 Å². The molecule has 0 unspecified atom stereocenters. The third kappa shape index (κ3) is 3.47. The van der Waals surface area contributed by atoms with Gasteiger partial charge in [-0.1, -0.05) is 23.2 Å². The largest absolute Gasteiger partial charge is 0.488 e. The zero-order valence-corrected chi connectivity index (χ0v) is 10.0. The van der Waals surface area contributed by atoms with E-state index in [1.165, 1.54) is 12.1 Å². The molecule has 0 radical (unpaired) electrons. The first-order valence-electron chi connectivity index (χ1n) is 4.51. The average Bonchev–Trinajstić information content (AvgIpc) is 2.19. The zero-order chi connectivity index (χ0) is 12.1. The van der Waals surface area contributed by atoms with Crippen LogP contribution < -0.4 is 9.47 Å². The maximum absolute atomic E-state index is 10.4. The molecule has 0 aromatic heterocycles. The van der Waals surface area contributed by atoms with Gasteiger partial charge in [-0.2, -0.15) is 0 Å². The zero-order valence-electron chi connectivity index (χ0n) is 8.50. The number of ether oxygens (including phenoxy) is 2. The first-order valence-corrected chi connectivity index (χ1v) is 5.26. The van der Waals surface area contributed by atoms with E-state index in [0.29, 0.717) is 17.4 Å². The molecule has 1 N–H and O–H groups in total. The number of hydrogen-bond acceptors (Lipinski definition) is 3. The molecule has 0 atom stereocenters. The van der Waals surface area contributed by atoms with Gasteiger partial charge in [-0.3, -0.25) is 0 Å². The van der Waals surface area contributed by atoms with E-state index in [2.05, 4.69) is 0 Å². The second kappa shape index (κ2) is 5.82. The van der Waals surface area contributed by atoms with Crippen molar-refractivity contribution in [2.24, 2.45) is 0 Å². The van der Waals surface area contributed by atoms with Crippen molar-refractivity contribution in [3.8, 4) is 11.5 Å². The molecule has 1 rings (SSSR count). The Bertz CT molecular complexity index is 393. The fourth-order valence-corrected chi connectivity index (χ4v) is 1.60. The Labute approximate surface area is 103 Å². The number of rotatable bonds is 5. The van der Waals surface area contributed by atoms with E-state index < -0.39 is 12.6 Å². The molecule has 0 aliphatic heterocycles. The minimum absolute atomic E-state index is 0.224. The van der Waals surface area contributed by atoms with Crippen molar-refractivity contribution in [1.29, 1.82) is 0 Å². The molecule has 1 aromatic carbocycles. The van der Waals surface area contributed by atoms with Crippen LogP contribution in [0.4, 0.5) is 0 Å². The fourth-order valence-electron chi connectivity index (χ4n) is 1.07. The van der Waals surface area contributed by atoms with Gasteiger partial charge >= 0.3 is 5.97 Å². The molecule has 4 nitrogen and oxygen atoms in total. The number of halogens is 2. The first kappa shape index (κ1) is 12.9. The Morgan fingerprint density at radius 3 is 2.62 bits per heavy atom. The van der Waals surface area contributed by atoms with Gasteiger partial charge in [0.25, 0.3) is 0 Å². The molecule has 0 aliphatic carbocycles. The Kier molecular flexibility index (Phi) is 4.71. The monoisotopic (exact) mass is 264 g/mol. The minimum atomic E-state index is -1.08. The number of hydrogen-bond donors (Lipinski definition) is 1. The van der Waals surface area contributed by atoms with Crippen molar-refractivity contribution < 1.29 is 19.4 Å². The summed E-state index contributed by atoms with van der Waals surface area (Å²) < 4.78 is 10.3. The van der Waals surface area contributed by atoms with E-state index in [9.17, 15) is 4.79 Å². The quantitative estimate of drug-likeness (QED) is 0.889. The van der Waals surface area contributed by atoms with Gasteiger partial charge in [0, 0.05) is 11.1 Å². The molecular formula is C10H10Cl2O4. The molecule has 0 fully saturated rings. The van der Waals surface area contributed by atoms with Crippen molar-refractivity contribution >= 4 is 29.2 Å². The standard InChI is InChI=1S/C10H10Cl2O4/c1-2-15-10-7(12)3-6(11)4-8(10)16-5-9(13)14/h3-4H,2,5H2,1H3,(H,13,14). The van der Waals surface area contributed by atoms with E-state index in [1.807, 2.05) is 0 Å². The molecule has 6 heteroatoms. The molecule has 0 amide bonds. The summed E-state index contributed by atoms with van der Waals surface area (Å²) in [6.07, 6.45) is 0. The molecule has 0 heterocycles. The smallest absolute Gasteiger partial charge is 0.341 e. The van der Waals surface area contributed by atoms with Crippen LogP contribution in [0.15, 0.2) is 12.1 Å². The Morgan fingerprint density at radius 1 is 1.38 bits per heavy atom. The highest BCUT2D eigenvalue weighted by molar-refractivity contribution is 6.35. The summed E-state index contributed by atoms with van der Waals surface area (Å²) in [7, 11) is 0. The van der Waals surface area contributed by atoms with Crippen LogP contribution in [0.5, 0.6) is 11.5 Å². The van der Waals surface area contributed by atoms with Gasteiger partial charge in [0.1, 0.15) is 0 Å². The summed E-state index contributed by atoms with van der Waals surface area (Å²) >= 11 is 11.7. The van der Waals surface area contributed by atoms with E-state index in [1.54, 1.807) is 6.92 Å². The van der Waals surface area contributed by atoms with Gasteiger partial charge in [0.15, 0.2) is 18.1 Å². The summed E-state index contributed by atoms with van der Waals surface area (Å²) in [6, 6.07) is 2.96. The van der Waals surface area contributed by atoms with Crippen LogP contribution in [-0.2, 0) is 4.79 Å². The summed E-state index contributed by atoms with van der Waals surface area (Å²) in [5, 5.41) is 9.14. The SMILES string of the molecule is CCOc1c(Cl)cc(Cl)cc1OCC(=O)O. The highest BCUT2D eigenvalue weighted by Gasteiger charge is 2.12. The lowest BCUT2D eigenvalue weighted by Gasteiger charge is -2.12. The predicted octanol–water partition coefficient (Wildman–Crippen LogP) is 2.86. The van der Waals surface area contributed by atoms with Crippen LogP contribution in [0.25, 0.3) is 0 Å². The van der Waals surface area contributed by atoms with Crippen molar-refractivity contribution in [3.63, 3.8) is 0 Å². The molecule has 0 bridgehead atoms. The van der Waals surface area contributed by atoms with Crippen LogP contribution in [0.2, 0.25) is 10.0 Å². The molecule has 0 saturated heterocycles. The predicted molar refractivity (Wildman–Crippen MR) is 60.8 cm³/mol. The number of benzene rings is 1. The van der Waals surface area contributed by atoms with E-state index in [4.69, 9.17) is 37.8 Å². The summed E-state index contributed by atoms with van der Waals surface area (Å²) in [5.41, 5.74) is 0. The van der Waals surface area contributed by atoms with Crippen LogP contribution in [0.1, 0.15) is 6.92 Å². The van der Waals surface area contributed by atoms with Crippen LogP contribution in [-0.4, -0.2) is 24.3 Å². The molecule has 0 aliphatic rings. The van der Waals surface area contributed by atoms with E-state index in [0.717, 1.165) is 0 Å². The second-order valence-electron chi connectivity index (χ2n) is 2.83. The fraction of sp³-hybridized carbons (Fsp3) is 0.300. The number of aliphatic carboxylic acids is 1. The molecule has 88 valence electrons. The third-order valence-electron chi connectivity index (χ3n) is 1.61. The number of carboxylic acid groups (broad SMARTS) is 1. The van der Waals surface area contributed by atoms with Crippen molar-refractivity contribution in [1.82, 2.24) is 0 Å². The van der Waals surface area contributed by atoms with Crippen molar-refractivity contribution in [2.45, 2.75) is 6.92 Å². The lowest BCUT2D eigenvalue weighted by molar-refractivity contribution is -0.139.